The summed E-state index contributed by atoms with van der Waals surface area (Å²) in [6.07, 6.45) is 7.88. The highest BCUT2D eigenvalue weighted by molar-refractivity contribution is 5.96. The number of methoxy groups -OCH3 is 1. The zero-order valence-corrected chi connectivity index (χ0v) is 14.5. The summed E-state index contributed by atoms with van der Waals surface area (Å²) in [6.45, 7) is 2.65. The smallest absolute Gasteiger partial charge is 0.308 e. The molecule has 0 unspecified atom stereocenters. The molecule has 7 heteroatoms. The number of aromatic nitrogens is 3. The minimum absolute atomic E-state index is 0.0305. The largest absolute Gasteiger partial charge is 0.469 e. The number of aryl methyl sites for hydroxylation is 1. The Balaban J connectivity index is 1.88. The molecule has 0 saturated heterocycles. The van der Waals surface area contributed by atoms with Gasteiger partial charge in [0.25, 0.3) is 5.91 Å². The van der Waals surface area contributed by atoms with Crippen molar-refractivity contribution in [2.45, 2.75) is 44.7 Å². The number of ether oxygens (including phenoxy) is 1. The van der Waals surface area contributed by atoms with Gasteiger partial charge in [-0.3, -0.25) is 19.3 Å². The normalized spacial score (nSPS) is 15.8. The topological polar surface area (TPSA) is 86.1 Å². The van der Waals surface area contributed by atoms with Crippen LogP contribution in [-0.2, 0) is 28.0 Å². The second kappa shape index (κ2) is 7.04. The first kappa shape index (κ1) is 17.1. The van der Waals surface area contributed by atoms with Gasteiger partial charge in [0.1, 0.15) is 0 Å². The molecular formula is C18H22N4O3. The molecule has 1 aliphatic heterocycles. The fourth-order valence-electron chi connectivity index (χ4n) is 3.23. The zero-order chi connectivity index (χ0) is 17.9. The van der Waals surface area contributed by atoms with Crippen LogP contribution in [0.25, 0.3) is 0 Å². The van der Waals surface area contributed by atoms with Crippen molar-refractivity contribution in [1.82, 2.24) is 20.1 Å². The molecule has 0 fully saturated rings. The predicted octanol–water partition coefficient (Wildman–Crippen LogP) is 1.82. The molecule has 1 aliphatic rings. The Kier molecular flexibility index (Phi) is 4.83. The van der Waals surface area contributed by atoms with Crippen molar-refractivity contribution in [2.75, 3.05) is 7.11 Å². The van der Waals surface area contributed by atoms with E-state index in [2.05, 4.69) is 15.4 Å². The van der Waals surface area contributed by atoms with Crippen molar-refractivity contribution in [2.24, 2.45) is 0 Å². The molecule has 0 spiro atoms. The van der Waals surface area contributed by atoms with Crippen LogP contribution >= 0.6 is 0 Å². The summed E-state index contributed by atoms with van der Waals surface area (Å²) in [6, 6.07) is 3.58. The van der Waals surface area contributed by atoms with Gasteiger partial charge in [-0.25, -0.2) is 0 Å². The number of nitrogens with one attached hydrogen (secondary N) is 1. The molecule has 132 valence electrons. The summed E-state index contributed by atoms with van der Waals surface area (Å²) in [4.78, 5) is 28.8. The number of carbonyl (C=O) groups excluding carboxylic acids is 2. The van der Waals surface area contributed by atoms with Crippen molar-refractivity contribution < 1.29 is 14.3 Å². The second-order valence-electron chi connectivity index (χ2n) is 6.46. The first-order chi connectivity index (χ1) is 12.0. The van der Waals surface area contributed by atoms with Gasteiger partial charge in [0.05, 0.1) is 36.5 Å². The van der Waals surface area contributed by atoms with Crippen LogP contribution in [0.2, 0.25) is 0 Å². The molecule has 0 aliphatic carbocycles. The van der Waals surface area contributed by atoms with Crippen LogP contribution in [0.15, 0.2) is 30.7 Å². The van der Waals surface area contributed by atoms with E-state index in [-0.39, 0.29) is 12.3 Å². The molecule has 7 nitrogen and oxygen atoms in total. The van der Waals surface area contributed by atoms with Crippen molar-refractivity contribution in [3.8, 4) is 0 Å². The number of rotatable bonds is 5. The summed E-state index contributed by atoms with van der Waals surface area (Å²) in [5, 5.41) is 7.32. The molecule has 0 saturated carbocycles. The van der Waals surface area contributed by atoms with Gasteiger partial charge in [-0.05, 0) is 43.9 Å². The third-order valence-corrected chi connectivity index (χ3v) is 4.66. The van der Waals surface area contributed by atoms with Crippen molar-refractivity contribution in [1.29, 1.82) is 0 Å². The standard InChI is InChI=1S/C18H22N4O3/c1-18(11-16(23)25-2,13-6-8-19-9-7-13)21-17(24)14-12-20-22-10-4-3-5-15(14)22/h6-9,12H,3-5,10-11H2,1-2H3,(H,21,24)/t18-/m0/s1. The van der Waals surface area contributed by atoms with E-state index < -0.39 is 11.5 Å². The molecule has 0 aromatic carbocycles. The summed E-state index contributed by atoms with van der Waals surface area (Å²) in [5.74, 6) is -0.622. The lowest BCUT2D eigenvalue weighted by molar-refractivity contribution is -0.142. The molecular weight excluding hydrogens is 320 g/mol. The van der Waals surface area contributed by atoms with Crippen molar-refractivity contribution in [3.63, 3.8) is 0 Å². The fraction of sp³-hybridized carbons (Fsp3) is 0.444. The lowest BCUT2D eigenvalue weighted by Crippen LogP contribution is -2.45. The van der Waals surface area contributed by atoms with E-state index in [0.717, 1.165) is 37.1 Å². The summed E-state index contributed by atoms with van der Waals surface area (Å²) in [5.41, 5.74) is 1.43. The molecule has 1 amide bonds. The van der Waals surface area contributed by atoms with Crippen LogP contribution in [0.3, 0.4) is 0 Å². The first-order valence-corrected chi connectivity index (χ1v) is 8.38. The fourth-order valence-corrected chi connectivity index (χ4v) is 3.23. The number of hydrogen-bond donors (Lipinski definition) is 1. The molecule has 3 heterocycles. The number of amides is 1. The van der Waals surface area contributed by atoms with E-state index >= 15 is 0 Å². The molecule has 1 N–H and O–H groups in total. The monoisotopic (exact) mass is 342 g/mol. The Morgan fingerprint density at radius 1 is 1.32 bits per heavy atom. The highest BCUT2D eigenvalue weighted by Gasteiger charge is 2.33. The SMILES string of the molecule is COC(=O)C[C@](C)(NC(=O)c1cnn2c1CCCC2)c1ccncc1. The van der Waals surface area contributed by atoms with Gasteiger partial charge in [0, 0.05) is 18.9 Å². The third kappa shape index (κ3) is 3.55. The van der Waals surface area contributed by atoms with E-state index in [1.165, 1.54) is 7.11 Å². The molecule has 2 aromatic rings. The Morgan fingerprint density at radius 2 is 2.08 bits per heavy atom. The predicted molar refractivity (Wildman–Crippen MR) is 90.9 cm³/mol. The van der Waals surface area contributed by atoms with E-state index in [4.69, 9.17) is 4.74 Å². The van der Waals surface area contributed by atoms with E-state index in [1.807, 2.05) is 11.6 Å². The average Bonchev–Trinajstić information content (AvgIpc) is 3.06. The Bertz CT molecular complexity index is 772. The molecule has 1 atom stereocenters. The number of carbonyl (C=O) groups is 2. The highest BCUT2D eigenvalue weighted by Crippen LogP contribution is 2.26. The Hall–Kier alpha value is -2.70. The summed E-state index contributed by atoms with van der Waals surface area (Å²) in [7, 11) is 1.34. The van der Waals surface area contributed by atoms with Crippen LogP contribution in [0, 0.1) is 0 Å². The van der Waals surface area contributed by atoms with E-state index in [9.17, 15) is 9.59 Å². The summed E-state index contributed by atoms with van der Waals surface area (Å²) >= 11 is 0. The maximum absolute atomic E-state index is 12.9. The Labute approximate surface area is 146 Å². The van der Waals surface area contributed by atoms with Gasteiger partial charge < -0.3 is 10.1 Å². The van der Waals surface area contributed by atoms with Gasteiger partial charge >= 0.3 is 5.97 Å². The second-order valence-corrected chi connectivity index (χ2v) is 6.46. The Morgan fingerprint density at radius 3 is 2.80 bits per heavy atom. The molecule has 3 rings (SSSR count). The third-order valence-electron chi connectivity index (χ3n) is 4.66. The highest BCUT2D eigenvalue weighted by atomic mass is 16.5. The lowest BCUT2D eigenvalue weighted by Gasteiger charge is -2.30. The lowest BCUT2D eigenvalue weighted by atomic mass is 9.88. The maximum Gasteiger partial charge on any atom is 0.308 e. The van der Waals surface area contributed by atoms with Crippen LogP contribution < -0.4 is 5.32 Å². The van der Waals surface area contributed by atoms with E-state index in [1.54, 1.807) is 30.7 Å². The number of pyridine rings is 1. The van der Waals surface area contributed by atoms with Crippen molar-refractivity contribution >= 4 is 11.9 Å². The maximum atomic E-state index is 12.9. The number of nitrogens with zero attached hydrogens (tertiary/aromatic N) is 3. The quantitative estimate of drug-likeness (QED) is 0.838. The molecule has 2 aromatic heterocycles. The number of esters is 1. The average molecular weight is 342 g/mol. The number of hydrogen-bond acceptors (Lipinski definition) is 5. The van der Waals surface area contributed by atoms with Gasteiger partial charge in [-0.15, -0.1) is 0 Å². The van der Waals surface area contributed by atoms with E-state index in [0.29, 0.717) is 5.56 Å². The van der Waals surface area contributed by atoms with Crippen LogP contribution in [0.4, 0.5) is 0 Å². The summed E-state index contributed by atoms with van der Waals surface area (Å²) < 4.78 is 6.70. The van der Waals surface area contributed by atoms with Crippen LogP contribution in [0.1, 0.15) is 47.8 Å². The molecule has 0 bridgehead atoms. The molecule has 25 heavy (non-hydrogen) atoms. The van der Waals surface area contributed by atoms with Crippen LogP contribution in [-0.4, -0.2) is 33.8 Å². The van der Waals surface area contributed by atoms with Gasteiger partial charge in [0.2, 0.25) is 0 Å². The zero-order valence-electron chi connectivity index (χ0n) is 14.5. The first-order valence-electron chi connectivity index (χ1n) is 8.38. The van der Waals surface area contributed by atoms with Crippen molar-refractivity contribution in [3.05, 3.63) is 47.5 Å². The van der Waals surface area contributed by atoms with Gasteiger partial charge in [0.15, 0.2) is 0 Å². The minimum atomic E-state index is -0.892. The van der Waals surface area contributed by atoms with Gasteiger partial charge in [-0.1, -0.05) is 0 Å². The van der Waals surface area contributed by atoms with Crippen LogP contribution in [0.5, 0.6) is 0 Å². The van der Waals surface area contributed by atoms with Gasteiger partial charge in [-0.2, -0.15) is 5.10 Å². The molecule has 0 radical (unpaired) electrons. The minimum Gasteiger partial charge on any atom is -0.469 e. The number of fused-ring (bicyclic) bond motifs is 1.